The van der Waals surface area contributed by atoms with Crippen LogP contribution in [-0.2, 0) is 5.92 Å². The summed E-state index contributed by atoms with van der Waals surface area (Å²) in [6.07, 6.45) is 7.43. The van der Waals surface area contributed by atoms with Crippen molar-refractivity contribution in [2.45, 2.75) is 31.6 Å². The van der Waals surface area contributed by atoms with Gasteiger partial charge in [0.1, 0.15) is 5.82 Å². The van der Waals surface area contributed by atoms with Gasteiger partial charge in [-0.15, -0.1) is 0 Å². The molecule has 3 rings (SSSR count). The number of nitrogens with one attached hydrogen (secondary N) is 2. The van der Waals surface area contributed by atoms with Crippen LogP contribution in [0.1, 0.15) is 36.8 Å². The van der Waals surface area contributed by atoms with Crippen molar-refractivity contribution in [1.29, 1.82) is 0 Å². The number of hydrogen-bond donors (Lipinski definition) is 3. The SMILES string of the molecule is CC(F)(F)c1cc(N/C=C(\N)CNc2ncc(C3CC3)cn2)ccc1F. The lowest BCUT2D eigenvalue weighted by atomic mass is 10.1. The number of aromatic nitrogens is 2. The highest BCUT2D eigenvalue weighted by atomic mass is 19.3. The third-order valence-corrected chi connectivity index (χ3v) is 4.03. The van der Waals surface area contributed by atoms with Gasteiger partial charge in [0.25, 0.3) is 5.92 Å². The lowest BCUT2D eigenvalue weighted by Gasteiger charge is -2.13. The predicted octanol–water partition coefficient (Wildman–Crippen LogP) is 3.93. The summed E-state index contributed by atoms with van der Waals surface area (Å²) in [5.74, 6) is -3.16. The van der Waals surface area contributed by atoms with Crippen LogP contribution >= 0.6 is 0 Å². The van der Waals surface area contributed by atoms with Crippen LogP contribution in [0.3, 0.4) is 0 Å². The Morgan fingerprint density at radius 1 is 1.31 bits per heavy atom. The summed E-state index contributed by atoms with van der Waals surface area (Å²) in [7, 11) is 0. The lowest BCUT2D eigenvalue weighted by Crippen LogP contribution is -2.15. The highest BCUT2D eigenvalue weighted by Gasteiger charge is 2.28. The van der Waals surface area contributed by atoms with E-state index >= 15 is 0 Å². The second-order valence-electron chi connectivity index (χ2n) is 6.41. The number of halogens is 3. The highest BCUT2D eigenvalue weighted by molar-refractivity contribution is 5.49. The van der Waals surface area contributed by atoms with E-state index in [1.165, 1.54) is 25.1 Å². The summed E-state index contributed by atoms with van der Waals surface area (Å²) in [4.78, 5) is 8.46. The van der Waals surface area contributed by atoms with Gasteiger partial charge in [0.05, 0.1) is 12.1 Å². The summed E-state index contributed by atoms with van der Waals surface area (Å²) >= 11 is 0. The van der Waals surface area contributed by atoms with Crippen molar-refractivity contribution in [3.63, 3.8) is 0 Å². The van der Waals surface area contributed by atoms with E-state index in [1.54, 1.807) is 12.4 Å². The molecule has 0 radical (unpaired) electrons. The van der Waals surface area contributed by atoms with Crippen molar-refractivity contribution in [3.05, 3.63) is 59.4 Å². The molecule has 1 aromatic heterocycles. The molecule has 5 nitrogen and oxygen atoms in total. The molecule has 1 saturated carbocycles. The maximum absolute atomic E-state index is 13.5. The maximum Gasteiger partial charge on any atom is 0.273 e. The second-order valence-corrected chi connectivity index (χ2v) is 6.41. The van der Waals surface area contributed by atoms with E-state index in [1.807, 2.05) is 0 Å². The average molecular weight is 363 g/mol. The molecule has 0 bridgehead atoms. The van der Waals surface area contributed by atoms with Crippen LogP contribution in [0, 0.1) is 5.82 Å². The third-order valence-electron chi connectivity index (χ3n) is 4.03. The van der Waals surface area contributed by atoms with Gasteiger partial charge in [-0.25, -0.2) is 23.1 Å². The highest BCUT2D eigenvalue weighted by Crippen LogP contribution is 2.39. The molecule has 0 unspecified atom stereocenters. The standard InChI is InChI=1S/C18H20F3N5/c1-18(20,21)15-6-14(4-5-16(15)19)23-9-13(22)10-26-17-24-7-12(8-25-17)11-2-3-11/h4-9,11,23H,2-3,10,22H2,1H3,(H,24,25,26)/b13-9-. The van der Waals surface area contributed by atoms with Gasteiger partial charge in [0.2, 0.25) is 5.95 Å². The topological polar surface area (TPSA) is 75.9 Å². The molecule has 0 saturated heterocycles. The molecular formula is C18H20F3N5. The molecule has 138 valence electrons. The normalized spacial score (nSPS) is 15.0. The van der Waals surface area contributed by atoms with Crippen molar-refractivity contribution < 1.29 is 13.2 Å². The Morgan fingerprint density at radius 2 is 2.00 bits per heavy atom. The Kier molecular flexibility index (Phi) is 5.01. The van der Waals surface area contributed by atoms with Crippen LogP contribution in [-0.4, -0.2) is 16.5 Å². The van der Waals surface area contributed by atoms with E-state index < -0.39 is 17.3 Å². The number of anilines is 2. The number of hydrogen-bond acceptors (Lipinski definition) is 5. The number of nitrogens with zero attached hydrogens (tertiary/aromatic N) is 2. The fourth-order valence-corrected chi connectivity index (χ4v) is 2.42. The smallest absolute Gasteiger partial charge is 0.273 e. The van der Waals surface area contributed by atoms with E-state index in [-0.39, 0.29) is 6.54 Å². The quantitative estimate of drug-likeness (QED) is 0.695. The molecule has 2 aromatic rings. The molecule has 0 amide bonds. The van der Waals surface area contributed by atoms with Crippen molar-refractivity contribution >= 4 is 11.6 Å². The van der Waals surface area contributed by atoms with E-state index in [0.29, 0.717) is 30.2 Å². The fourth-order valence-electron chi connectivity index (χ4n) is 2.42. The lowest BCUT2D eigenvalue weighted by molar-refractivity contribution is 0.0138. The molecule has 1 aliphatic rings. The molecule has 1 fully saturated rings. The van der Waals surface area contributed by atoms with Crippen LogP contribution in [0.2, 0.25) is 0 Å². The van der Waals surface area contributed by atoms with Crippen LogP contribution < -0.4 is 16.4 Å². The molecule has 8 heteroatoms. The Labute approximate surface area is 149 Å². The zero-order chi connectivity index (χ0) is 18.7. The minimum atomic E-state index is -3.26. The van der Waals surface area contributed by atoms with Crippen LogP contribution in [0.5, 0.6) is 0 Å². The Morgan fingerprint density at radius 3 is 2.62 bits per heavy atom. The van der Waals surface area contributed by atoms with Gasteiger partial charge in [-0.2, -0.15) is 0 Å². The van der Waals surface area contributed by atoms with Crippen molar-refractivity contribution in [1.82, 2.24) is 9.97 Å². The Bertz CT molecular complexity index is 795. The van der Waals surface area contributed by atoms with Gasteiger partial charge in [0, 0.05) is 36.9 Å². The molecule has 4 N–H and O–H groups in total. The molecule has 1 heterocycles. The summed E-state index contributed by atoms with van der Waals surface area (Å²) < 4.78 is 40.2. The minimum absolute atomic E-state index is 0.272. The zero-order valence-electron chi connectivity index (χ0n) is 14.3. The van der Waals surface area contributed by atoms with E-state index in [9.17, 15) is 13.2 Å². The van der Waals surface area contributed by atoms with Gasteiger partial charge in [-0.3, -0.25) is 0 Å². The molecule has 0 aliphatic heterocycles. The van der Waals surface area contributed by atoms with E-state index in [4.69, 9.17) is 5.73 Å². The van der Waals surface area contributed by atoms with Gasteiger partial charge in [0.15, 0.2) is 0 Å². The van der Waals surface area contributed by atoms with Crippen molar-refractivity contribution in [3.8, 4) is 0 Å². The minimum Gasteiger partial charge on any atom is -0.399 e. The summed E-state index contributed by atoms with van der Waals surface area (Å²) in [5.41, 5.74) is 7.07. The summed E-state index contributed by atoms with van der Waals surface area (Å²) in [5, 5.41) is 5.76. The van der Waals surface area contributed by atoms with Gasteiger partial charge < -0.3 is 16.4 Å². The van der Waals surface area contributed by atoms with Crippen molar-refractivity contribution in [2.75, 3.05) is 17.2 Å². The van der Waals surface area contributed by atoms with E-state index in [0.717, 1.165) is 17.7 Å². The third kappa shape index (κ3) is 4.65. The molecule has 0 spiro atoms. The first kappa shape index (κ1) is 18.0. The first-order valence-electron chi connectivity index (χ1n) is 8.27. The molecule has 1 aliphatic carbocycles. The van der Waals surface area contributed by atoms with E-state index in [2.05, 4.69) is 20.6 Å². The zero-order valence-corrected chi connectivity index (χ0v) is 14.3. The average Bonchev–Trinajstić information content (AvgIpc) is 3.44. The monoisotopic (exact) mass is 363 g/mol. The Balaban J connectivity index is 1.56. The predicted molar refractivity (Wildman–Crippen MR) is 94.4 cm³/mol. The largest absolute Gasteiger partial charge is 0.399 e. The second kappa shape index (κ2) is 7.23. The Hall–Kier alpha value is -2.77. The number of nitrogens with two attached hydrogens (primary N) is 1. The van der Waals surface area contributed by atoms with Gasteiger partial charge >= 0.3 is 0 Å². The fraction of sp³-hybridized carbons (Fsp3) is 0.333. The van der Waals surface area contributed by atoms with Crippen LogP contribution in [0.4, 0.5) is 24.8 Å². The maximum atomic E-state index is 13.5. The first-order valence-corrected chi connectivity index (χ1v) is 8.27. The number of benzene rings is 1. The molecule has 0 atom stereocenters. The molecular weight excluding hydrogens is 343 g/mol. The van der Waals surface area contributed by atoms with Crippen LogP contribution in [0.25, 0.3) is 0 Å². The summed E-state index contributed by atoms with van der Waals surface area (Å²) in [6.45, 7) is 0.922. The summed E-state index contributed by atoms with van der Waals surface area (Å²) in [6, 6.07) is 3.42. The molecule has 1 aromatic carbocycles. The number of rotatable bonds is 7. The van der Waals surface area contributed by atoms with Gasteiger partial charge in [-0.1, -0.05) is 0 Å². The van der Waals surface area contributed by atoms with Crippen molar-refractivity contribution in [2.24, 2.45) is 5.73 Å². The van der Waals surface area contributed by atoms with Crippen LogP contribution in [0.15, 0.2) is 42.5 Å². The van der Waals surface area contributed by atoms with Gasteiger partial charge in [-0.05, 0) is 42.5 Å². The molecule has 26 heavy (non-hydrogen) atoms. The first-order chi connectivity index (χ1) is 12.3. The number of alkyl halides is 2.